The summed E-state index contributed by atoms with van der Waals surface area (Å²) in [6.07, 6.45) is 16.6. The van der Waals surface area contributed by atoms with Crippen molar-refractivity contribution in [3.05, 3.63) is 31.7 Å². The van der Waals surface area contributed by atoms with E-state index in [1.54, 1.807) is 6.08 Å². The number of nitrogens with zero attached hydrogens (tertiary/aromatic N) is 1. The molecule has 2 atom stereocenters. The third-order valence-corrected chi connectivity index (χ3v) is 3.29. The van der Waals surface area contributed by atoms with Crippen LogP contribution in [-0.4, -0.2) is 12.1 Å². The summed E-state index contributed by atoms with van der Waals surface area (Å²) in [5, 5.41) is 0. The fourth-order valence-electron chi connectivity index (χ4n) is 2.27. The number of aliphatic imine (C=N–C) groups is 1. The van der Waals surface area contributed by atoms with Gasteiger partial charge in [-0.25, -0.2) is 9.79 Å². The lowest BCUT2D eigenvalue weighted by molar-refractivity contribution is 0.424. The molecule has 1 radical (unpaired) electrons. The highest BCUT2D eigenvalue weighted by Gasteiger charge is 2.14. The Bertz CT molecular complexity index is 279. The highest BCUT2D eigenvalue weighted by Crippen LogP contribution is 2.22. The maximum Gasteiger partial charge on any atom is 0.235 e. The Morgan fingerprint density at radius 1 is 1.16 bits per heavy atom. The van der Waals surface area contributed by atoms with Gasteiger partial charge in [-0.15, -0.1) is 13.2 Å². The number of isocyanates is 1. The molecule has 0 aromatic heterocycles. The number of rotatable bonds is 13. The van der Waals surface area contributed by atoms with Crippen LogP contribution >= 0.6 is 0 Å². The quantitative estimate of drug-likeness (QED) is 0.198. The zero-order valence-electron chi connectivity index (χ0n) is 12.3. The lowest BCUT2D eigenvalue weighted by atomic mass is 9.90. The molecule has 0 aliphatic carbocycles. The molecule has 2 unspecified atom stereocenters. The molecular formula is C17H28NO. The number of hydrogen-bond acceptors (Lipinski definition) is 2. The molecule has 0 saturated heterocycles. The van der Waals surface area contributed by atoms with E-state index in [4.69, 9.17) is 0 Å². The molecule has 0 aliphatic rings. The fraction of sp³-hybridized carbons (Fsp3) is 0.647. The van der Waals surface area contributed by atoms with Gasteiger partial charge >= 0.3 is 0 Å². The topological polar surface area (TPSA) is 29.4 Å². The second-order valence-corrected chi connectivity index (χ2v) is 5.04. The van der Waals surface area contributed by atoms with Crippen LogP contribution in [0.2, 0.25) is 0 Å². The van der Waals surface area contributed by atoms with Gasteiger partial charge in [0.2, 0.25) is 6.08 Å². The van der Waals surface area contributed by atoms with Gasteiger partial charge in [0.25, 0.3) is 0 Å². The van der Waals surface area contributed by atoms with E-state index >= 15 is 0 Å². The van der Waals surface area contributed by atoms with Crippen LogP contribution in [-0.2, 0) is 4.79 Å². The number of unbranched alkanes of at least 4 members (excludes halogenated alkanes) is 4. The summed E-state index contributed by atoms with van der Waals surface area (Å²) in [5.41, 5.74) is 0. The minimum atomic E-state index is 0.0315. The van der Waals surface area contributed by atoms with Crippen LogP contribution < -0.4 is 0 Å². The van der Waals surface area contributed by atoms with E-state index in [0.29, 0.717) is 5.92 Å². The van der Waals surface area contributed by atoms with E-state index in [2.05, 4.69) is 31.5 Å². The molecule has 107 valence electrons. The van der Waals surface area contributed by atoms with Gasteiger partial charge in [0.1, 0.15) is 0 Å². The van der Waals surface area contributed by atoms with E-state index in [0.717, 1.165) is 25.7 Å². The maximum absolute atomic E-state index is 10.4. The summed E-state index contributed by atoms with van der Waals surface area (Å²) in [7, 11) is 0. The van der Waals surface area contributed by atoms with Crippen LogP contribution in [0, 0.1) is 12.3 Å². The molecule has 0 bridgehead atoms. The smallest absolute Gasteiger partial charge is 0.211 e. The van der Waals surface area contributed by atoms with E-state index in [9.17, 15) is 4.79 Å². The first-order valence-corrected chi connectivity index (χ1v) is 7.38. The van der Waals surface area contributed by atoms with Crippen molar-refractivity contribution in [1.82, 2.24) is 0 Å². The van der Waals surface area contributed by atoms with Gasteiger partial charge in [0.15, 0.2) is 0 Å². The standard InChI is InChI=1S/C17H28NO/c1-4-7-8-9-10-13-16(11-5-2)14-17(12-6-3)18-15-19/h5-6,10,16-17H,2-4,7-9,11-14H2,1H3. The van der Waals surface area contributed by atoms with Gasteiger partial charge in [-0.3, -0.25) is 0 Å². The lowest BCUT2D eigenvalue weighted by Crippen LogP contribution is -2.11. The Morgan fingerprint density at radius 2 is 1.89 bits per heavy atom. The highest BCUT2D eigenvalue weighted by atomic mass is 16.1. The maximum atomic E-state index is 10.4. The van der Waals surface area contributed by atoms with Crippen LogP contribution in [0.25, 0.3) is 0 Å². The van der Waals surface area contributed by atoms with Gasteiger partial charge in [-0.05, 0) is 38.0 Å². The summed E-state index contributed by atoms with van der Waals surface area (Å²) in [4.78, 5) is 14.3. The Balaban J connectivity index is 4.09. The van der Waals surface area contributed by atoms with E-state index in [1.807, 2.05) is 12.2 Å². The van der Waals surface area contributed by atoms with Gasteiger partial charge in [-0.1, -0.05) is 44.8 Å². The third-order valence-electron chi connectivity index (χ3n) is 3.29. The normalized spacial score (nSPS) is 13.3. The Kier molecular flexibility index (Phi) is 12.5. The number of allylic oxidation sites excluding steroid dienone is 1. The molecule has 0 rings (SSSR count). The molecule has 0 fully saturated rings. The highest BCUT2D eigenvalue weighted by molar-refractivity contribution is 5.33. The minimum Gasteiger partial charge on any atom is -0.211 e. The monoisotopic (exact) mass is 262 g/mol. The lowest BCUT2D eigenvalue weighted by Gasteiger charge is -2.18. The summed E-state index contributed by atoms with van der Waals surface area (Å²) in [5.74, 6) is 0.529. The molecule has 0 aromatic carbocycles. The van der Waals surface area contributed by atoms with Crippen molar-refractivity contribution in [1.29, 1.82) is 0 Å². The summed E-state index contributed by atoms with van der Waals surface area (Å²) in [6.45, 7) is 9.75. The van der Waals surface area contributed by atoms with Crippen LogP contribution in [0.4, 0.5) is 0 Å². The van der Waals surface area contributed by atoms with Gasteiger partial charge in [0, 0.05) is 0 Å². The Labute approximate surface area is 118 Å². The van der Waals surface area contributed by atoms with Crippen LogP contribution in [0.1, 0.15) is 58.3 Å². The molecule has 0 aliphatic heterocycles. The van der Waals surface area contributed by atoms with Crippen molar-refractivity contribution in [3.8, 4) is 0 Å². The van der Waals surface area contributed by atoms with Crippen molar-refractivity contribution in [2.75, 3.05) is 0 Å². The zero-order valence-corrected chi connectivity index (χ0v) is 12.3. The van der Waals surface area contributed by atoms with Gasteiger partial charge in [0.05, 0.1) is 6.04 Å². The Morgan fingerprint density at radius 3 is 2.47 bits per heavy atom. The minimum absolute atomic E-state index is 0.0315. The predicted molar refractivity (Wildman–Crippen MR) is 82.7 cm³/mol. The van der Waals surface area contributed by atoms with Crippen molar-refractivity contribution in [2.45, 2.75) is 64.3 Å². The number of hydrogen-bond donors (Lipinski definition) is 0. The summed E-state index contributed by atoms with van der Waals surface area (Å²) in [6, 6.07) is 0.0315. The first-order valence-electron chi connectivity index (χ1n) is 7.38. The molecule has 0 spiro atoms. The molecule has 19 heavy (non-hydrogen) atoms. The largest absolute Gasteiger partial charge is 0.235 e. The molecule has 0 N–H and O–H groups in total. The first kappa shape index (κ1) is 17.9. The fourth-order valence-corrected chi connectivity index (χ4v) is 2.27. The first-order chi connectivity index (χ1) is 9.28. The average Bonchev–Trinajstić information content (AvgIpc) is 2.39. The van der Waals surface area contributed by atoms with Crippen molar-refractivity contribution >= 4 is 6.08 Å². The number of carbonyl (C=O) groups excluding carboxylic acids is 1. The Hall–Kier alpha value is -1.14. The molecule has 2 nitrogen and oxygen atoms in total. The van der Waals surface area contributed by atoms with E-state index in [1.165, 1.54) is 25.7 Å². The average molecular weight is 262 g/mol. The second-order valence-electron chi connectivity index (χ2n) is 5.04. The molecule has 0 amide bonds. The zero-order chi connectivity index (χ0) is 14.3. The second kappa shape index (κ2) is 13.3. The van der Waals surface area contributed by atoms with Crippen LogP contribution in [0.15, 0.2) is 30.3 Å². The van der Waals surface area contributed by atoms with Crippen molar-refractivity contribution in [3.63, 3.8) is 0 Å². The van der Waals surface area contributed by atoms with E-state index < -0.39 is 0 Å². The van der Waals surface area contributed by atoms with Crippen molar-refractivity contribution < 1.29 is 4.79 Å². The SMILES string of the molecule is C=CCC(C[CH]CCCCC)CC(CC=C)N=C=O. The van der Waals surface area contributed by atoms with Gasteiger partial charge < -0.3 is 0 Å². The van der Waals surface area contributed by atoms with Crippen LogP contribution in [0.3, 0.4) is 0 Å². The van der Waals surface area contributed by atoms with E-state index in [-0.39, 0.29) is 6.04 Å². The molecule has 2 heteroatoms. The molecular weight excluding hydrogens is 234 g/mol. The third kappa shape index (κ3) is 10.5. The molecule has 0 aromatic rings. The van der Waals surface area contributed by atoms with Crippen molar-refractivity contribution in [2.24, 2.45) is 10.9 Å². The summed E-state index contributed by atoms with van der Waals surface area (Å²) >= 11 is 0. The predicted octanol–water partition coefficient (Wildman–Crippen LogP) is 5.02. The van der Waals surface area contributed by atoms with Crippen LogP contribution in [0.5, 0.6) is 0 Å². The molecule has 0 heterocycles. The van der Waals surface area contributed by atoms with Gasteiger partial charge in [-0.2, -0.15) is 0 Å². The molecule has 0 saturated carbocycles. The summed E-state index contributed by atoms with van der Waals surface area (Å²) < 4.78 is 0.